The average molecular weight is 269 g/mol. The summed E-state index contributed by atoms with van der Waals surface area (Å²) in [4.78, 5) is 4.17. The number of hydrogen-bond donors (Lipinski definition) is 0. The van der Waals surface area contributed by atoms with Gasteiger partial charge in [-0.25, -0.2) is 0 Å². The third-order valence-electron chi connectivity index (χ3n) is 3.05. The molecule has 0 aliphatic rings. The summed E-state index contributed by atoms with van der Waals surface area (Å²) >= 11 is 0. The smallest absolute Gasteiger partial charge is 0.0543 e. The molecule has 0 N–H and O–H groups in total. The van der Waals surface area contributed by atoms with Crippen LogP contribution in [-0.2, 0) is 6.42 Å². The van der Waals surface area contributed by atoms with Crippen LogP contribution in [0.5, 0.6) is 0 Å². The molecule has 0 unspecified atom stereocenters. The van der Waals surface area contributed by atoms with Crippen molar-refractivity contribution >= 4 is 11.8 Å². The molecule has 0 aliphatic carbocycles. The number of pyridine rings is 1. The molecule has 1 heterocycles. The Morgan fingerprint density at radius 2 is 2.25 bits per heavy atom. The minimum Gasteiger partial charge on any atom is -0.276 e. The number of hydrazone groups is 1. The zero-order chi connectivity index (χ0) is 15.0. The molecule has 0 radical (unpaired) electrons. The summed E-state index contributed by atoms with van der Waals surface area (Å²) < 4.78 is 0. The van der Waals surface area contributed by atoms with E-state index in [1.54, 1.807) is 12.3 Å². The Morgan fingerprint density at radius 1 is 1.50 bits per heavy atom. The maximum absolute atomic E-state index is 4.36. The topological polar surface area (TPSA) is 28.5 Å². The summed E-state index contributed by atoms with van der Waals surface area (Å²) in [6, 6.07) is 2.04. The molecular formula is C17H23N3. The van der Waals surface area contributed by atoms with Crippen molar-refractivity contribution in [1.29, 1.82) is 0 Å². The molecule has 1 aromatic rings. The van der Waals surface area contributed by atoms with Crippen molar-refractivity contribution in [2.75, 3.05) is 7.05 Å². The van der Waals surface area contributed by atoms with Crippen molar-refractivity contribution < 1.29 is 0 Å². The summed E-state index contributed by atoms with van der Waals surface area (Å²) in [6.07, 6.45) is 12.3. The summed E-state index contributed by atoms with van der Waals surface area (Å²) in [6.45, 7) is 9.93. The van der Waals surface area contributed by atoms with Gasteiger partial charge in [-0.15, -0.1) is 0 Å². The Labute approximate surface area is 122 Å². The highest BCUT2D eigenvalue weighted by Gasteiger charge is 2.02. The first-order chi connectivity index (χ1) is 9.62. The summed E-state index contributed by atoms with van der Waals surface area (Å²) in [5, 5.41) is 6.17. The predicted octanol–water partition coefficient (Wildman–Crippen LogP) is 4.05. The monoisotopic (exact) mass is 269 g/mol. The molecular weight excluding hydrogens is 246 g/mol. The molecule has 1 rings (SSSR count). The second kappa shape index (κ2) is 8.10. The van der Waals surface area contributed by atoms with Crippen molar-refractivity contribution in [1.82, 2.24) is 9.99 Å². The lowest BCUT2D eigenvalue weighted by Crippen LogP contribution is -2.03. The summed E-state index contributed by atoms with van der Waals surface area (Å²) in [5.74, 6) is 0. The van der Waals surface area contributed by atoms with Crippen LogP contribution in [-0.4, -0.2) is 23.3 Å². The van der Waals surface area contributed by atoms with E-state index in [0.29, 0.717) is 0 Å². The van der Waals surface area contributed by atoms with Crippen molar-refractivity contribution in [2.45, 2.75) is 27.2 Å². The molecule has 0 saturated heterocycles. The van der Waals surface area contributed by atoms with Gasteiger partial charge in [-0.05, 0) is 48.6 Å². The fourth-order valence-electron chi connectivity index (χ4n) is 1.88. The molecule has 20 heavy (non-hydrogen) atoms. The lowest BCUT2D eigenvalue weighted by Gasteiger charge is -2.11. The van der Waals surface area contributed by atoms with Crippen LogP contribution in [0.2, 0.25) is 0 Å². The van der Waals surface area contributed by atoms with Crippen LogP contribution >= 0.6 is 0 Å². The Kier molecular flexibility index (Phi) is 6.44. The summed E-state index contributed by atoms with van der Waals surface area (Å²) in [5.41, 5.74) is 4.64. The molecule has 3 nitrogen and oxygen atoms in total. The van der Waals surface area contributed by atoms with E-state index in [1.807, 2.05) is 49.7 Å². The molecule has 3 heteroatoms. The van der Waals surface area contributed by atoms with E-state index in [0.717, 1.165) is 12.0 Å². The van der Waals surface area contributed by atoms with Gasteiger partial charge in [0.15, 0.2) is 0 Å². The van der Waals surface area contributed by atoms with Crippen LogP contribution in [0.3, 0.4) is 0 Å². The third-order valence-corrected chi connectivity index (χ3v) is 3.05. The van der Waals surface area contributed by atoms with Crippen LogP contribution in [0.4, 0.5) is 0 Å². The first-order valence-corrected chi connectivity index (χ1v) is 6.79. The largest absolute Gasteiger partial charge is 0.276 e. The standard InChI is InChI=1S/C17H23N3/c1-6-15(7-2)11-19-20(5)13-14(4)17-9-10-18-12-16(17)8-3/h6-7,9-13H,1,8H2,2-5H3/b14-13+,15-7?,19-11-. The SMILES string of the molecule is C=CC(=CC)/C=N\N(C)/C=C(\C)c1ccncc1CC. The Bertz CT molecular complexity index is 539. The lowest BCUT2D eigenvalue weighted by molar-refractivity contribution is 0.494. The van der Waals surface area contributed by atoms with E-state index in [2.05, 4.69) is 30.5 Å². The number of aryl methyl sites for hydroxylation is 1. The van der Waals surface area contributed by atoms with Crippen LogP contribution in [0.1, 0.15) is 31.9 Å². The number of aromatic nitrogens is 1. The quantitative estimate of drug-likeness (QED) is 0.443. The molecule has 0 saturated carbocycles. The van der Waals surface area contributed by atoms with Gasteiger partial charge in [-0.1, -0.05) is 25.7 Å². The van der Waals surface area contributed by atoms with Crippen LogP contribution < -0.4 is 0 Å². The minimum absolute atomic E-state index is 0.973. The van der Waals surface area contributed by atoms with Gasteiger partial charge in [0.05, 0.1) is 6.21 Å². The Hall–Kier alpha value is -2.16. The van der Waals surface area contributed by atoms with Crippen molar-refractivity contribution in [3.8, 4) is 0 Å². The van der Waals surface area contributed by atoms with Gasteiger partial charge in [-0.2, -0.15) is 5.10 Å². The fourth-order valence-corrected chi connectivity index (χ4v) is 1.88. The first kappa shape index (κ1) is 15.9. The third kappa shape index (κ3) is 4.50. The molecule has 0 aliphatic heterocycles. The summed E-state index contributed by atoms with van der Waals surface area (Å²) in [7, 11) is 1.92. The van der Waals surface area contributed by atoms with Crippen LogP contribution in [0.25, 0.3) is 5.57 Å². The zero-order valence-electron chi connectivity index (χ0n) is 12.8. The highest BCUT2D eigenvalue weighted by Crippen LogP contribution is 2.18. The fraction of sp³-hybridized carbons (Fsp3) is 0.294. The van der Waals surface area contributed by atoms with E-state index in [1.165, 1.54) is 16.7 Å². The number of allylic oxidation sites excluding steroid dienone is 4. The van der Waals surface area contributed by atoms with Crippen LogP contribution in [0, 0.1) is 0 Å². The first-order valence-electron chi connectivity index (χ1n) is 6.79. The maximum Gasteiger partial charge on any atom is 0.0543 e. The molecule has 0 bridgehead atoms. The average Bonchev–Trinajstić information content (AvgIpc) is 2.48. The number of nitrogens with zero attached hydrogens (tertiary/aromatic N) is 3. The van der Waals surface area contributed by atoms with Gasteiger partial charge in [0.1, 0.15) is 0 Å². The van der Waals surface area contributed by atoms with E-state index >= 15 is 0 Å². The van der Waals surface area contributed by atoms with E-state index in [4.69, 9.17) is 0 Å². The number of rotatable bonds is 6. The van der Waals surface area contributed by atoms with Crippen molar-refractivity contribution in [3.05, 3.63) is 60.1 Å². The maximum atomic E-state index is 4.36. The Balaban J connectivity index is 2.90. The van der Waals surface area contributed by atoms with E-state index in [9.17, 15) is 0 Å². The van der Waals surface area contributed by atoms with Gasteiger partial charge in [0.25, 0.3) is 0 Å². The lowest BCUT2D eigenvalue weighted by atomic mass is 10.0. The van der Waals surface area contributed by atoms with Gasteiger partial charge in [0.2, 0.25) is 0 Å². The van der Waals surface area contributed by atoms with E-state index < -0.39 is 0 Å². The molecule has 0 aromatic carbocycles. The van der Waals surface area contributed by atoms with E-state index in [-0.39, 0.29) is 0 Å². The van der Waals surface area contributed by atoms with Crippen LogP contribution in [0.15, 0.2) is 54.1 Å². The molecule has 106 valence electrons. The highest BCUT2D eigenvalue weighted by molar-refractivity contribution is 5.81. The Morgan fingerprint density at radius 3 is 2.85 bits per heavy atom. The van der Waals surface area contributed by atoms with Gasteiger partial charge >= 0.3 is 0 Å². The second-order valence-corrected chi connectivity index (χ2v) is 4.51. The number of hydrogen-bond acceptors (Lipinski definition) is 3. The van der Waals surface area contributed by atoms with Crippen molar-refractivity contribution in [3.63, 3.8) is 0 Å². The minimum atomic E-state index is 0.973. The second-order valence-electron chi connectivity index (χ2n) is 4.51. The van der Waals surface area contributed by atoms with Crippen molar-refractivity contribution in [2.24, 2.45) is 5.10 Å². The predicted molar refractivity (Wildman–Crippen MR) is 87.5 cm³/mol. The van der Waals surface area contributed by atoms with Gasteiger partial charge < -0.3 is 0 Å². The molecule has 0 spiro atoms. The normalized spacial score (nSPS) is 12.8. The molecule has 0 atom stereocenters. The van der Waals surface area contributed by atoms with Gasteiger partial charge in [-0.3, -0.25) is 9.99 Å². The molecule has 1 aromatic heterocycles. The highest BCUT2D eigenvalue weighted by atomic mass is 15.4. The zero-order valence-corrected chi connectivity index (χ0v) is 12.8. The van der Waals surface area contributed by atoms with Gasteiger partial charge in [0, 0.05) is 25.6 Å². The molecule has 0 fully saturated rings. The molecule has 0 amide bonds.